The average Bonchev–Trinajstić information content (AvgIpc) is 3.08. The molecule has 0 aromatic heterocycles. The number of nitrogens with one attached hydrogen (secondary N) is 2. The Morgan fingerprint density at radius 2 is 2.07 bits per heavy atom. The molecule has 5 nitrogen and oxygen atoms in total. The van der Waals surface area contributed by atoms with Crippen LogP contribution in [0, 0.1) is 6.92 Å². The summed E-state index contributed by atoms with van der Waals surface area (Å²) < 4.78 is 42.4. The molecule has 0 aliphatic carbocycles. The molecule has 0 bridgehead atoms. The minimum absolute atomic E-state index is 0. The Morgan fingerprint density at radius 3 is 2.71 bits per heavy atom. The van der Waals surface area contributed by atoms with Gasteiger partial charge in [-0.3, -0.25) is 9.89 Å². The minimum Gasteiger partial charge on any atom is -0.484 e. The van der Waals surface area contributed by atoms with Crippen LogP contribution in [0.1, 0.15) is 30.9 Å². The second-order valence-corrected chi connectivity index (χ2v) is 6.75. The number of alkyl halides is 3. The van der Waals surface area contributed by atoms with Gasteiger partial charge >= 0.3 is 6.18 Å². The lowest BCUT2D eigenvalue weighted by Crippen LogP contribution is -2.44. The van der Waals surface area contributed by atoms with Gasteiger partial charge in [-0.05, 0) is 44.5 Å². The number of hydrogen-bond donors (Lipinski definition) is 2. The molecule has 2 rings (SSSR count). The van der Waals surface area contributed by atoms with Crippen LogP contribution >= 0.6 is 24.0 Å². The number of nitrogens with zero attached hydrogens (tertiary/aromatic N) is 2. The van der Waals surface area contributed by atoms with Crippen LogP contribution in [0.3, 0.4) is 0 Å². The molecule has 1 aromatic rings. The molecule has 0 spiro atoms. The van der Waals surface area contributed by atoms with E-state index in [9.17, 15) is 13.2 Å². The molecule has 1 fully saturated rings. The van der Waals surface area contributed by atoms with Crippen molar-refractivity contribution in [2.24, 2.45) is 4.99 Å². The Kier molecular flexibility index (Phi) is 10.4. The number of likely N-dealkylation sites (tertiary alicyclic amines) is 1. The van der Waals surface area contributed by atoms with Crippen molar-refractivity contribution < 1.29 is 17.9 Å². The van der Waals surface area contributed by atoms with E-state index in [0.29, 0.717) is 24.1 Å². The van der Waals surface area contributed by atoms with Gasteiger partial charge in [-0.25, -0.2) is 0 Å². The number of halogens is 4. The van der Waals surface area contributed by atoms with Gasteiger partial charge in [0.2, 0.25) is 0 Å². The molecular formula is C19H30F3IN4O. The van der Waals surface area contributed by atoms with E-state index in [1.165, 1.54) is 6.42 Å². The topological polar surface area (TPSA) is 48.9 Å². The Hall–Kier alpha value is -1.23. The molecule has 160 valence electrons. The highest BCUT2D eigenvalue weighted by atomic mass is 127. The summed E-state index contributed by atoms with van der Waals surface area (Å²) in [4.78, 5) is 6.64. The molecule has 28 heavy (non-hydrogen) atoms. The number of ether oxygens (including phenoxy) is 1. The lowest BCUT2D eigenvalue weighted by molar-refractivity contribution is -0.153. The van der Waals surface area contributed by atoms with E-state index in [1.807, 2.05) is 13.0 Å². The van der Waals surface area contributed by atoms with Gasteiger partial charge in [-0.1, -0.05) is 19.1 Å². The van der Waals surface area contributed by atoms with Gasteiger partial charge in [0.15, 0.2) is 12.6 Å². The van der Waals surface area contributed by atoms with Crippen LogP contribution in [-0.4, -0.2) is 56.4 Å². The molecule has 0 radical (unpaired) electrons. The maximum Gasteiger partial charge on any atom is 0.422 e. The SMILES string of the molecule is CCN1CCCC1CNC(=NC)NCc1ccc(C)cc1OCC(F)(F)F.I. The van der Waals surface area contributed by atoms with Gasteiger partial charge in [0.05, 0.1) is 0 Å². The molecule has 1 aliphatic rings. The van der Waals surface area contributed by atoms with Crippen molar-refractivity contribution in [1.29, 1.82) is 0 Å². The fourth-order valence-electron chi connectivity index (χ4n) is 3.26. The summed E-state index contributed by atoms with van der Waals surface area (Å²) in [6.45, 7) is 5.95. The zero-order valence-electron chi connectivity index (χ0n) is 16.6. The van der Waals surface area contributed by atoms with Crippen molar-refractivity contribution in [2.45, 2.75) is 45.5 Å². The van der Waals surface area contributed by atoms with Gasteiger partial charge < -0.3 is 15.4 Å². The third-order valence-corrected chi connectivity index (χ3v) is 4.69. The molecule has 1 aromatic carbocycles. The second kappa shape index (κ2) is 11.7. The van der Waals surface area contributed by atoms with Gasteiger partial charge in [-0.2, -0.15) is 13.2 Å². The smallest absolute Gasteiger partial charge is 0.422 e. The largest absolute Gasteiger partial charge is 0.484 e. The molecular weight excluding hydrogens is 484 g/mol. The van der Waals surface area contributed by atoms with Crippen LogP contribution in [0.25, 0.3) is 0 Å². The van der Waals surface area contributed by atoms with Gasteiger partial charge in [0.1, 0.15) is 5.75 Å². The van der Waals surface area contributed by atoms with Crippen molar-refractivity contribution in [3.05, 3.63) is 29.3 Å². The Morgan fingerprint density at radius 1 is 1.32 bits per heavy atom. The number of rotatable bonds is 7. The van der Waals surface area contributed by atoms with E-state index in [1.54, 1.807) is 19.2 Å². The number of aliphatic imine (C=N–C) groups is 1. The van der Waals surface area contributed by atoms with Crippen molar-refractivity contribution in [3.63, 3.8) is 0 Å². The highest BCUT2D eigenvalue weighted by molar-refractivity contribution is 14.0. The first-order valence-corrected chi connectivity index (χ1v) is 9.30. The van der Waals surface area contributed by atoms with Crippen molar-refractivity contribution in [3.8, 4) is 5.75 Å². The van der Waals surface area contributed by atoms with Crippen LogP contribution in [0.15, 0.2) is 23.2 Å². The summed E-state index contributed by atoms with van der Waals surface area (Å²) in [5.74, 6) is 0.864. The number of guanidine groups is 1. The lowest BCUT2D eigenvalue weighted by Gasteiger charge is -2.24. The summed E-state index contributed by atoms with van der Waals surface area (Å²) in [6.07, 6.45) is -2.00. The quantitative estimate of drug-likeness (QED) is 0.331. The minimum atomic E-state index is -4.36. The van der Waals surface area contributed by atoms with Crippen molar-refractivity contribution in [2.75, 3.05) is 33.3 Å². The van der Waals surface area contributed by atoms with E-state index >= 15 is 0 Å². The van der Waals surface area contributed by atoms with E-state index in [-0.39, 0.29) is 29.7 Å². The summed E-state index contributed by atoms with van der Waals surface area (Å²) >= 11 is 0. The maximum atomic E-state index is 12.5. The summed E-state index contributed by atoms with van der Waals surface area (Å²) in [6, 6.07) is 5.73. The fraction of sp³-hybridized carbons (Fsp3) is 0.632. The zero-order chi connectivity index (χ0) is 19.9. The molecule has 0 saturated carbocycles. The summed E-state index contributed by atoms with van der Waals surface area (Å²) in [7, 11) is 1.68. The standard InChI is InChI=1S/C19H29F3N4O.HI/c1-4-26-9-5-6-16(26)12-25-18(23-3)24-11-15-8-7-14(2)10-17(15)27-13-19(20,21)22;/h7-8,10,16H,4-6,9,11-13H2,1-3H3,(H2,23,24,25);1H. The molecule has 1 heterocycles. The number of aryl methyl sites for hydroxylation is 1. The first kappa shape index (κ1) is 24.8. The Labute approximate surface area is 182 Å². The van der Waals surface area contributed by atoms with Gasteiger partial charge in [0.25, 0.3) is 0 Å². The van der Waals surface area contributed by atoms with Crippen LogP contribution in [0.2, 0.25) is 0 Å². The summed E-state index contributed by atoms with van der Waals surface area (Å²) in [5.41, 5.74) is 1.50. The predicted octanol–water partition coefficient (Wildman–Crippen LogP) is 3.70. The van der Waals surface area contributed by atoms with Crippen LogP contribution in [-0.2, 0) is 6.54 Å². The molecule has 1 saturated heterocycles. The lowest BCUT2D eigenvalue weighted by atomic mass is 10.1. The third kappa shape index (κ3) is 8.02. The monoisotopic (exact) mass is 514 g/mol. The van der Waals surface area contributed by atoms with Crippen molar-refractivity contribution >= 4 is 29.9 Å². The number of likely N-dealkylation sites (N-methyl/N-ethyl adjacent to an activating group) is 1. The van der Waals surface area contributed by atoms with Gasteiger partial charge in [0, 0.05) is 31.7 Å². The zero-order valence-corrected chi connectivity index (χ0v) is 18.9. The highest BCUT2D eigenvalue weighted by Gasteiger charge is 2.29. The number of hydrogen-bond acceptors (Lipinski definition) is 3. The molecule has 2 N–H and O–H groups in total. The van der Waals surface area contributed by atoms with Crippen molar-refractivity contribution in [1.82, 2.24) is 15.5 Å². The predicted molar refractivity (Wildman–Crippen MR) is 117 cm³/mol. The number of benzene rings is 1. The Bertz CT molecular complexity index is 640. The second-order valence-electron chi connectivity index (χ2n) is 6.75. The van der Waals surface area contributed by atoms with Crippen LogP contribution in [0.5, 0.6) is 5.75 Å². The fourth-order valence-corrected chi connectivity index (χ4v) is 3.26. The summed E-state index contributed by atoms with van der Waals surface area (Å²) in [5, 5.41) is 6.47. The molecule has 9 heteroatoms. The molecule has 0 amide bonds. The van der Waals surface area contributed by atoms with E-state index < -0.39 is 12.8 Å². The maximum absolute atomic E-state index is 12.5. The average molecular weight is 514 g/mol. The van der Waals surface area contributed by atoms with Crippen LogP contribution < -0.4 is 15.4 Å². The molecule has 1 unspecified atom stereocenters. The molecule has 1 aliphatic heterocycles. The van der Waals surface area contributed by atoms with Crippen LogP contribution in [0.4, 0.5) is 13.2 Å². The normalized spacial score (nSPS) is 17.9. The third-order valence-electron chi connectivity index (χ3n) is 4.69. The molecule has 1 atom stereocenters. The van der Waals surface area contributed by atoms with Gasteiger partial charge in [-0.15, -0.1) is 24.0 Å². The van der Waals surface area contributed by atoms with E-state index in [0.717, 1.165) is 31.6 Å². The first-order chi connectivity index (χ1) is 12.8. The van der Waals surface area contributed by atoms with E-state index in [4.69, 9.17) is 4.74 Å². The Balaban J connectivity index is 0.00000392. The highest BCUT2D eigenvalue weighted by Crippen LogP contribution is 2.23. The van der Waals surface area contributed by atoms with E-state index in [2.05, 4.69) is 27.4 Å². The first-order valence-electron chi connectivity index (χ1n) is 9.30.